The number of hydrogen-bond donors (Lipinski definition) is 1. The molecule has 1 N–H and O–H groups in total. The molecular weight excluding hydrogens is 148 g/mol. The quantitative estimate of drug-likeness (QED) is 0.636. The molecule has 2 nitrogen and oxygen atoms in total. The van der Waals surface area contributed by atoms with Crippen molar-refractivity contribution in [2.45, 2.75) is 6.92 Å². The molecule has 0 aromatic rings. The summed E-state index contributed by atoms with van der Waals surface area (Å²) < 4.78 is 0. The van der Waals surface area contributed by atoms with Crippen molar-refractivity contribution in [3.05, 3.63) is 36.6 Å². The number of hydrogen-bond acceptors (Lipinski definition) is 2. The highest BCUT2D eigenvalue weighted by Crippen LogP contribution is 2.04. The molecule has 0 radical (unpaired) electrons. The van der Waals surface area contributed by atoms with Crippen molar-refractivity contribution in [2.24, 2.45) is 0 Å². The topological polar surface area (TPSA) is 15.3 Å². The molecule has 1 rings (SSSR count). The summed E-state index contributed by atoms with van der Waals surface area (Å²) in [7, 11) is 0. The fourth-order valence-corrected chi connectivity index (χ4v) is 1.19. The third-order valence-electron chi connectivity index (χ3n) is 1.94. The fraction of sp³-hybridized carbons (Fsp3) is 0.400. The lowest BCUT2D eigenvalue weighted by Crippen LogP contribution is -2.19. The molecule has 0 aliphatic carbocycles. The molecule has 1 fully saturated rings. The molecule has 0 amide bonds. The smallest absolute Gasteiger partial charge is 0.0680 e. The van der Waals surface area contributed by atoms with Crippen LogP contribution in [0.2, 0.25) is 0 Å². The SMILES string of the molecule is C=C/C=C\C=C(/C)N1CCNC1. The molecule has 0 aromatic carbocycles. The van der Waals surface area contributed by atoms with E-state index in [4.69, 9.17) is 0 Å². The Morgan fingerprint density at radius 3 is 2.92 bits per heavy atom. The minimum atomic E-state index is 0.976. The predicted molar refractivity (Wildman–Crippen MR) is 52.7 cm³/mol. The Bertz CT molecular complexity index is 198. The van der Waals surface area contributed by atoms with Gasteiger partial charge in [-0.15, -0.1) is 0 Å². The van der Waals surface area contributed by atoms with Gasteiger partial charge in [0.05, 0.1) is 6.67 Å². The largest absolute Gasteiger partial charge is 0.361 e. The Hall–Kier alpha value is -1.02. The second-order valence-electron chi connectivity index (χ2n) is 2.85. The van der Waals surface area contributed by atoms with Crippen LogP contribution in [-0.4, -0.2) is 24.7 Å². The van der Waals surface area contributed by atoms with Crippen LogP contribution in [0.3, 0.4) is 0 Å². The fourth-order valence-electron chi connectivity index (χ4n) is 1.19. The van der Waals surface area contributed by atoms with Crippen molar-refractivity contribution < 1.29 is 0 Å². The summed E-state index contributed by atoms with van der Waals surface area (Å²) in [4.78, 5) is 2.31. The summed E-state index contributed by atoms with van der Waals surface area (Å²) in [6, 6.07) is 0. The van der Waals surface area contributed by atoms with Gasteiger partial charge in [-0.3, -0.25) is 5.32 Å². The van der Waals surface area contributed by atoms with Crippen LogP contribution in [0.1, 0.15) is 6.92 Å². The normalized spacial score (nSPS) is 19.1. The second kappa shape index (κ2) is 4.78. The minimum Gasteiger partial charge on any atom is -0.361 e. The van der Waals surface area contributed by atoms with Gasteiger partial charge < -0.3 is 4.90 Å². The molecule has 1 saturated heterocycles. The molecule has 0 spiro atoms. The highest BCUT2D eigenvalue weighted by molar-refractivity contribution is 5.14. The molecule has 0 saturated carbocycles. The molecule has 0 unspecified atom stereocenters. The number of rotatable bonds is 3. The van der Waals surface area contributed by atoms with Crippen LogP contribution < -0.4 is 5.32 Å². The molecule has 1 aliphatic heterocycles. The zero-order valence-corrected chi connectivity index (χ0v) is 7.59. The van der Waals surface area contributed by atoms with Crippen molar-refractivity contribution in [1.29, 1.82) is 0 Å². The lowest BCUT2D eigenvalue weighted by molar-refractivity contribution is 0.422. The van der Waals surface area contributed by atoms with Crippen molar-refractivity contribution in [3.8, 4) is 0 Å². The highest BCUT2D eigenvalue weighted by atomic mass is 15.3. The van der Waals surface area contributed by atoms with Gasteiger partial charge >= 0.3 is 0 Å². The van der Waals surface area contributed by atoms with E-state index in [9.17, 15) is 0 Å². The van der Waals surface area contributed by atoms with E-state index in [0.717, 1.165) is 19.8 Å². The molecule has 12 heavy (non-hydrogen) atoms. The Kier molecular flexibility index (Phi) is 3.61. The Morgan fingerprint density at radius 2 is 2.33 bits per heavy atom. The lowest BCUT2D eigenvalue weighted by Gasteiger charge is -2.16. The molecular formula is C10H16N2. The summed E-state index contributed by atoms with van der Waals surface area (Å²) in [5.41, 5.74) is 1.30. The third-order valence-corrected chi connectivity index (χ3v) is 1.94. The Morgan fingerprint density at radius 1 is 1.50 bits per heavy atom. The van der Waals surface area contributed by atoms with Crippen LogP contribution in [0.4, 0.5) is 0 Å². The van der Waals surface area contributed by atoms with Gasteiger partial charge in [0.15, 0.2) is 0 Å². The van der Waals surface area contributed by atoms with Crippen LogP contribution in [0, 0.1) is 0 Å². The summed E-state index contributed by atoms with van der Waals surface area (Å²) in [6.45, 7) is 8.92. The predicted octanol–water partition coefficient (Wildman–Crippen LogP) is 1.50. The summed E-state index contributed by atoms with van der Waals surface area (Å²) in [5.74, 6) is 0. The van der Waals surface area contributed by atoms with E-state index in [1.807, 2.05) is 12.2 Å². The van der Waals surface area contributed by atoms with Gasteiger partial charge in [0.25, 0.3) is 0 Å². The summed E-state index contributed by atoms with van der Waals surface area (Å²) >= 11 is 0. The van der Waals surface area contributed by atoms with E-state index in [0.29, 0.717) is 0 Å². The molecule has 0 bridgehead atoms. The van der Waals surface area contributed by atoms with Gasteiger partial charge in [-0.1, -0.05) is 24.8 Å². The van der Waals surface area contributed by atoms with Gasteiger partial charge in [0.1, 0.15) is 0 Å². The second-order valence-corrected chi connectivity index (χ2v) is 2.85. The summed E-state index contributed by atoms with van der Waals surface area (Å²) in [5, 5.41) is 3.28. The standard InChI is InChI=1S/C10H16N2/c1-3-4-5-6-10(2)12-8-7-11-9-12/h3-6,11H,1,7-9H2,2H3/b5-4-,10-6+. The van der Waals surface area contributed by atoms with Crippen molar-refractivity contribution in [2.75, 3.05) is 19.8 Å². The monoisotopic (exact) mass is 164 g/mol. The van der Waals surface area contributed by atoms with Crippen LogP contribution >= 0.6 is 0 Å². The molecule has 1 aliphatic rings. The van der Waals surface area contributed by atoms with Gasteiger partial charge in [0.2, 0.25) is 0 Å². The van der Waals surface area contributed by atoms with E-state index in [1.165, 1.54) is 5.70 Å². The van der Waals surface area contributed by atoms with E-state index in [2.05, 4.69) is 29.8 Å². The summed E-state index contributed by atoms with van der Waals surface area (Å²) in [6.07, 6.45) is 7.84. The lowest BCUT2D eigenvalue weighted by atomic mass is 10.3. The number of nitrogens with zero attached hydrogens (tertiary/aromatic N) is 1. The van der Waals surface area contributed by atoms with E-state index < -0.39 is 0 Å². The average Bonchev–Trinajstić information content (AvgIpc) is 2.56. The van der Waals surface area contributed by atoms with Gasteiger partial charge in [0, 0.05) is 18.8 Å². The molecule has 2 heteroatoms. The van der Waals surface area contributed by atoms with Crippen molar-refractivity contribution in [3.63, 3.8) is 0 Å². The number of nitrogens with one attached hydrogen (secondary N) is 1. The maximum Gasteiger partial charge on any atom is 0.0680 e. The number of allylic oxidation sites excluding steroid dienone is 5. The minimum absolute atomic E-state index is 0.976. The average molecular weight is 164 g/mol. The first-order chi connectivity index (χ1) is 5.84. The first-order valence-electron chi connectivity index (χ1n) is 4.26. The third kappa shape index (κ3) is 2.55. The van der Waals surface area contributed by atoms with Crippen LogP contribution in [0.5, 0.6) is 0 Å². The van der Waals surface area contributed by atoms with E-state index in [1.54, 1.807) is 6.08 Å². The maximum atomic E-state index is 3.61. The van der Waals surface area contributed by atoms with Gasteiger partial charge in [-0.25, -0.2) is 0 Å². The Balaban J connectivity index is 2.44. The van der Waals surface area contributed by atoms with Crippen molar-refractivity contribution >= 4 is 0 Å². The molecule has 66 valence electrons. The molecule has 0 aromatic heterocycles. The van der Waals surface area contributed by atoms with Gasteiger partial charge in [-0.2, -0.15) is 0 Å². The van der Waals surface area contributed by atoms with Gasteiger partial charge in [-0.05, 0) is 13.0 Å². The van der Waals surface area contributed by atoms with Crippen LogP contribution in [-0.2, 0) is 0 Å². The van der Waals surface area contributed by atoms with Crippen LogP contribution in [0.25, 0.3) is 0 Å². The van der Waals surface area contributed by atoms with E-state index >= 15 is 0 Å². The maximum absolute atomic E-state index is 3.61. The highest BCUT2D eigenvalue weighted by Gasteiger charge is 2.08. The van der Waals surface area contributed by atoms with Crippen molar-refractivity contribution in [1.82, 2.24) is 10.2 Å². The zero-order valence-electron chi connectivity index (χ0n) is 7.59. The molecule has 1 heterocycles. The van der Waals surface area contributed by atoms with E-state index in [-0.39, 0.29) is 0 Å². The first kappa shape index (κ1) is 9.07. The zero-order chi connectivity index (χ0) is 8.81. The molecule has 0 atom stereocenters. The van der Waals surface area contributed by atoms with Crippen LogP contribution in [0.15, 0.2) is 36.6 Å². The first-order valence-corrected chi connectivity index (χ1v) is 4.26. The Labute approximate surface area is 74.3 Å².